The predicted molar refractivity (Wildman–Crippen MR) is 57.3 cm³/mol. The van der Waals surface area contributed by atoms with Crippen molar-refractivity contribution in [3.63, 3.8) is 0 Å². The monoisotopic (exact) mass is 212 g/mol. The standard InChI is InChI=1S/C11H20N2O2/c1-13(10(14)11(12)4-5-11)8-9-2-6-15-7-3-9/h9H,2-8,12H2,1H3. The van der Waals surface area contributed by atoms with Gasteiger partial charge in [0.1, 0.15) is 0 Å². The summed E-state index contributed by atoms with van der Waals surface area (Å²) in [4.78, 5) is 13.7. The maximum Gasteiger partial charge on any atom is 0.242 e. The molecule has 1 saturated carbocycles. The quantitative estimate of drug-likeness (QED) is 0.735. The van der Waals surface area contributed by atoms with Gasteiger partial charge in [-0.05, 0) is 31.6 Å². The molecule has 2 aliphatic rings. The van der Waals surface area contributed by atoms with Crippen molar-refractivity contribution in [2.45, 2.75) is 31.2 Å². The lowest BCUT2D eigenvalue weighted by atomic mass is 9.99. The molecular formula is C11H20N2O2. The first-order valence-electron chi connectivity index (χ1n) is 5.74. The summed E-state index contributed by atoms with van der Waals surface area (Å²) in [6, 6.07) is 0. The van der Waals surface area contributed by atoms with Gasteiger partial charge in [0.2, 0.25) is 5.91 Å². The van der Waals surface area contributed by atoms with E-state index < -0.39 is 5.54 Å². The van der Waals surface area contributed by atoms with Crippen molar-refractivity contribution < 1.29 is 9.53 Å². The molecule has 1 aliphatic carbocycles. The molecule has 4 heteroatoms. The predicted octanol–water partition coefficient (Wildman–Crippen LogP) is 0.363. The first kappa shape index (κ1) is 10.9. The molecule has 15 heavy (non-hydrogen) atoms. The fourth-order valence-electron chi connectivity index (χ4n) is 2.13. The third-order valence-electron chi connectivity index (χ3n) is 3.43. The number of carbonyl (C=O) groups excluding carboxylic acids is 1. The minimum absolute atomic E-state index is 0.119. The Labute approximate surface area is 90.8 Å². The molecule has 2 fully saturated rings. The summed E-state index contributed by atoms with van der Waals surface area (Å²) in [6.07, 6.45) is 3.83. The average molecular weight is 212 g/mol. The summed E-state index contributed by atoms with van der Waals surface area (Å²) in [5.41, 5.74) is 5.37. The van der Waals surface area contributed by atoms with Crippen LogP contribution in [0.1, 0.15) is 25.7 Å². The molecule has 0 unspecified atom stereocenters. The number of nitrogens with two attached hydrogens (primary N) is 1. The van der Waals surface area contributed by atoms with E-state index >= 15 is 0 Å². The van der Waals surface area contributed by atoms with Gasteiger partial charge in [0.05, 0.1) is 5.54 Å². The zero-order valence-corrected chi connectivity index (χ0v) is 9.37. The van der Waals surface area contributed by atoms with Crippen molar-refractivity contribution in [2.75, 3.05) is 26.8 Å². The molecule has 0 bridgehead atoms. The van der Waals surface area contributed by atoms with Crippen LogP contribution in [0.25, 0.3) is 0 Å². The Hall–Kier alpha value is -0.610. The Morgan fingerprint density at radius 2 is 2.07 bits per heavy atom. The molecular weight excluding hydrogens is 192 g/mol. The van der Waals surface area contributed by atoms with Crippen molar-refractivity contribution in [1.29, 1.82) is 0 Å². The Balaban J connectivity index is 1.80. The maximum atomic E-state index is 11.9. The highest BCUT2D eigenvalue weighted by molar-refractivity contribution is 5.88. The molecule has 0 aromatic heterocycles. The fraction of sp³-hybridized carbons (Fsp3) is 0.909. The van der Waals surface area contributed by atoms with Crippen molar-refractivity contribution in [2.24, 2.45) is 11.7 Å². The molecule has 0 aromatic rings. The molecule has 86 valence electrons. The molecule has 4 nitrogen and oxygen atoms in total. The number of rotatable bonds is 3. The number of hydrogen-bond acceptors (Lipinski definition) is 3. The van der Waals surface area contributed by atoms with Gasteiger partial charge in [-0.25, -0.2) is 0 Å². The van der Waals surface area contributed by atoms with Gasteiger partial charge >= 0.3 is 0 Å². The Morgan fingerprint density at radius 1 is 1.47 bits per heavy atom. The van der Waals surface area contributed by atoms with E-state index in [1.54, 1.807) is 0 Å². The first-order valence-corrected chi connectivity index (χ1v) is 5.74. The zero-order valence-electron chi connectivity index (χ0n) is 9.37. The molecule has 0 atom stereocenters. The van der Waals surface area contributed by atoms with Gasteiger partial charge in [0, 0.05) is 26.8 Å². The van der Waals surface area contributed by atoms with E-state index in [1.807, 2.05) is 11.9 Å². The van der Waals surface area contributed by atoms with Crippen molar-refractivity contribution in [3.05, 3.63) is 0 Å². The van der Waals surface area contributed by atoms with Crippen molar-refractivity contribution in [1.82, 2.24) is 4.90 Å². The highest BCUT2D eigenvalue weighted by Crippen LogP contribution is 2.34. The van der Waals surface area contributed by atoms with Gasteiger partial charge in [-0.1, -0.05) is 0 Å². The van der Waals surface area contributed by atoms with E-state index in [4.69, 9.17) is 10.5 Å². The van der Waals surface area contributed by atoms with Crippen LogP contribution >= 0.6 is 0 Å². The van der Waals surface area contributed by atoms with Crippen molar-refractivity contribution in [3.8, 4) is 0 Å². The molecule has 0 radical (unpaired) electrons. The smallest absolute Gasteiger partial charge is 0.242 e. The molecule has 2 N–H and O–H groups in total. The lowest BCUT2D eigenvalue weighted by molar-refractivity contribution is -0.133. The highest BCUT2D eigenvalue weighted by atomic mass is 16.5. The second-order valence-electron chi connectivity index (χ2n) is 4.90. The van der Waals surface area contributed by atoms with E-state index in [2.05, 4.69) is 0 Å². The topological polar surface area (TPSA) is 55.6 Å². The Morgan fingerprint density at radius 3 is 2.60 bits per heavy atom. The number of ether oxygens (including phenoxy) is 1. The van der Waals surface area contributed by atoms with Crippen LogP contribution in [0, 0.1) is 5.92 Å². The Bertz CT molecular complexity index is 245. The van der Waals surface area contributed by atoms with Crippen LogP contribution in [0.3, 0.4) is 0 Å². The van der Waals surface area contributed by atoms with Crippen LogP contribution in [0.5, 0.6) is 0 Å². The van der Waals surface area contributed by atoms with Gasteiger partial charge in [-0.15, -0.1) is 0 Å². The highest BCUT2D eigenvalue weighted by Gasteiger charge is 2.47. The molecule has 0 spiro atoms. The number of carbonyl (C=O) groups is 1. The zero-order chi connectivity index (χ0) is 10.9. The Kier molecular flexibility index (Phi) is 2.98. The van der Waals surface area contributed by atoms with Gasteiger partial charge in [0.25, 0.3) is 0 Å². The number of hydrogen-bond donors (Lipinski definition) is 1. The van der Waals surface area contributed by atoms with E-state index in [-0.39, 0.29) is 5.91 Å². The second kappa shape index (κ2) is 4.10. The summed E-state index contributed by atoms with van der Waals surface area (Å²) in [5.74, 6) is 0.712. The van der Waals surface area contributed by atoms with Gasteiger partial charge < -0.3 is 15.4 Å². The lowest BCUT2D eigenvalue weighted by Gasteiger charge is -2.28. The molecule has 1 aliphatic heterocycles. The third-order valence-corrected chi connectivity index (χ3v) is 3.43. The van der Waals surface area contributed by atoms with E-state index in [9.17, 15) is 4.79 Å². The molecule has 1 saturated heterocycles. The van der Waals surface area contributed by atoms with Crippen LogP contribution in [0.15, 0.2) is 0 Å². The van der Waals surface area contributed by atoms with E-state index in [0.29, 0.717) is 5.92 Å². The first-order chi connectivity index (χ1) is 7.12. The average Bonchev–Trinajstić information content (AvgIpc) is 2.98. The van der Waals surface area contributed by atoms with Gasteiger partial charge in [-0.3, -0.25) is 4.79 Å². The second-order valence-corrected chi connectivity index (χ2v) is 4.90. The van der Waals surface area contributed by atoms with Crippen LogP contribution < -0.4 is 5.73 Å². The third kappa shape index (κ3) is 2.49. The number of amides is 1. The molecule has 1 heterocycles. The minimum atomic E-state index is -0.514. The fourth-order valence-corrected chi connectivity index (χ4v) is 2.13. The molecule has 2 rings (SSSR count). The van der Waals surface area contributed by atoms with E-state index in [0.717, 1.165) is 45.4 Å². The van der Waals surface area contributed by atoms with Gasteiger partial charge in [-0.2, -0.15) is 0 Å². The number of likely N-dealkylation sites (N-methyl/N-ethyl adjacent to an activating group) is 1. The van der Waals surface area contributed by atoms with Crippen LogP contribution in [-0.4, -0.2) is 43.2 Å². The number of nitrogens with zero attached hydrogens (tertiary/aromatic N) is 1. The molecule has 1 amide bonds. The van der Waals surface area contributed by atoms with Gasteiger partial charge in [0.15, 0.2) is 0 Å². The summed E-state index contributed by atoms with van der Waals surface area (Å²) in [5, 5.41) is 0. The van der Waals surface area contributed by atoms with Crippen LogP contribution in [-0.2, 0) is 9.53 Å². The maximum absolute atomic E-state index is 11.9. The summed E-state index contributed by atoms with van der Waals surface area (Å²) in [7, 11) is 1.87. The minimum Gasteiger partial charge on any atom is -0.381 e. The lowest BCUT2D eigenvalue weighted by Crippen LogP contribution is -2.45. The SMILES string of the molecule is CN(CC1CCOCC1)C(=O)C1(N)CC1. The summed E-state index contributed by atoms with van der Waals surface area (Å²) in [6.45, 7) is 2.50. The van der Waals surface area contributed by atoms with E-state index in [1.165, 1.54) is 0 Å². The summed E-state index contributed by atoms with van der Waals surface area (Å²) >= 11 is 0. The largest absolute Gasteiger partial charge is 0.381 e. The summed E-state index contributed by atoms with van der Waals surface area (Å²) < 4.78 is 5.29. The van der Waals surface area contributed by atoms with Crippen molar-refractivity contribution >= 4 is 5.91 Å². The van der Waals surface area contributed by atoms with Crippen LogP contribution in [0.4, 0.5) is 0 Å². The normalized spacial score (nSPS) is 24.9. The molecule has 0 aromatic carbocycles. The van der Waals surface area contributed by atoms with Crippen LogP contribution in [0.2, 0.25) is 0 Å².